The van der Waals surface area contributed by atoms with Crippen molar-refractivity contribution in [2.45, 2.75) is 6.42 Å². The number of nitrogens with one attached hydrogen (secondary N) is 1. The summed E-state index contributed by atoms with van der Waals surface area (Å²) < 4.78 is 0. The summed E-state index contributed by atoms with van der Waals surface area (Å²) in [6.45, 7) is 0.330. The van der Waals surface area contributed by atoms with Crippen molar-refractivity contribution < 1.29 is 4.79 Å². The van der Waals surface area contributed by atoms with E-state index in [1.54, 1.807) is 30.6 Å². The van der Waals surface area contributed by atoms with Crippen LogP contribution in [0.25, 0.3) is 5.69 Å². The maximum absolute atomic E-state index is 11.9. The molecule has 0 unspecified atom stereocenters. The molecule has 18 heavy (non-hydrogen) atoms. The van der Waals surface area contributed by atoms with Gasteiger partial charge in [0, 0.05) is 6.54 Å². The fourth-order valence-electron chi connectivity index (χ4n) is 1.51. The number of benzene rings is 1. The summed E-state index contributed by atoms with van der Waals surface area (Å²) in [6.07, 6.45) is 3.38. The first-order valence-electron chi connectivity index (χ1n) is 5.44. The van der Waals surface area contributed by atoms with Crippen LogP contribution in [0.15, 0.2) is 36.7 Å². The molecule has 0 saturated carbocycles. The van der Waals surface area contributed by atoms with Crippen molar-refractivity contribution >= 4 is 5.91 Å². The van der Waals surface area contributed by atoms with Gasteiger partial charge in [-0.05, 0) is 12.1 Å². The molecule has 90 valence electrons. The van der Waals surface area contributed by atoms with Gasteiger partial charge in [-0.25, -0.2) is 0 Å². The van der Waals surface area contributed by atoms with E-state index in [-0.39, 0.29) is 12.3 Å². The van der Waals surface area contributed by atoms with E-state index < -0.39 is 0 Å². The molecule has 1 N–H and O–H groups in total. The minimum absolute atomic E-state index is 0.238. The quantitative estimate of drug-likeness (QED) is 0.806. The fraction of sp³-hybridized carbons (Fsp3) is 0.167. The van der Waals surface area contributed by atoms with Crippen LogP contribution < -0.4 is 5.32 Å². The van der Waals surface area contributed by atoms with Crippen molar-refractivity contribution in [2.24, 2.45) is 0 Å². The average molecular weight is 241 g/mol. The van der Waals surface area contributed by atoms with Crippen molar-refractivity contribution in [3.8, 4) is 11.8 Å². The first-order chi connectivity index (χ1) is 8.83. The van der Waals surface area contributed by atoms with E-state index >= 15 is 0 Å². The number of amides is 1. The molecule has 0 fully saturated rings. The van der Waals surface area contributed by atoms with Gasteiger partial charge in [0.25, 0.3) is 5.91 Å². The minimum atomic E-state index is -0.238. The number of carbonyl (C=O) groups is 1. The maximum atomic E-state index is 11.9. The van der Waals surface area contributed by atoms with E-state index in [4.69, 9.17) is 5.26 Å². The highest BCUT2D eigenvalue weighted by Crippen LogP contribution is 2.11. The summed E-state index contributed by atoms with van der Waals surface area (Å²) in [7, 11) is 0. The number of hydrogen-bond donors (Lipinski definition) is 1. The van der Waals surface area contributed by atoms with E-state index in [2.05, 4.69) is 15.5 Å². The van der Waals surface area contributed by atoms with E-state index in [0.29, 0.717) is 17.8 Å². The Kier molecular flexibility index (Phi) is 3.66. The van der Waals surface area contributed by atoms with Crippen LogP contribution in [0.1, 0.15) is 16.8 Å². The number of nitriles is 1. The van der Waals surface area contributed by atoms with E-state index in [0.717, 1.165) is 0 Å². The van der Waals surface area contributed by atoms with Gasteiger partial charge in [0.15, 0.2) is 0 Å². The summed E-state index contributed by atoms with van der Waals surface area (Å²) >= 11 is 0. The van der Waals surface area contributed by atoms with Gasteiger partial charge in [0.05, 0.1) is 36.1 Å². The SMILES string of the molecule is N#CCCNC(=O)c1ccccc1-n1nccn1. The highest BCUT2D eigenvalue weighted by molar-refractivity contribution is 5.97. The monoisotopic (exact) mass is 241 g/mol. The van der Waals surface area contributed by atoms with Crippen LogP contribution in [0.3, 0.4) is 0 Å². The third-order valence-electron chi connectivity index (χ3n) is 2.31. The highest BCUT2D eigenvalue weighted by atomic mass is 16.1. The second-order valence-electron chi connectivity index (χ2n) is 3.50. The molecule has 2 rings (SSSR count). The van der Waals surface area contributed by atoms with E-state index in [1.165, 1.54) is 4.80 Å². The lowest BCUT2D eigenvalue weighted by molar-refractivity contribution is 0.0954. The topological polar surface area (TPSA) is 83.6 Å². The Morgan fingerprint density at radius 2 is 2.06 bits per heavy atom. The first kappa shape index (κ1) is 11.8. The van der Waals surface area contributed by atoms with Crippen LogP contribution in [-0.2, 0) is 0 Å². The van der Waals surface area contributed by atoms with Gasteiger partial charge in [-0.1, -0.05) is 12.1 Å². The Morgan fingerprint density at radius 1 is 1.33 bits per heavy atom. The Bertz CT molecular complexity index is 570. The zero-order chi connectivity index (χ0) is 12.8. The summed E-state index contributed by atoms with van der Waals surface area (Å²) in [5, 5.41) is 19.1. The van der Waals surface area contributed by atoms with Gasteiger partial charge in [-0.3, -0.25) is 4.79 Å². The molecule has 0 aliphatic rings. The van der Waals surface area contributed by atoms with E-state index in [1.807, 2.05) is 12.1 Å². The number of aromatic nitrogens is 3. The number of rotatable bonds is 4. The standard InChI is InChI=1S/C12H11N5O/c13-6-3-7-14-12(18)10-4-1-2-5-11(10)17-15-8-9-16-17/h1-2,4-5,8-9H,3,7H2,(H,14,18). The molecular weight excluding hydrogens is 230 g/mol. The van der Waals surface area contributed by atoms with Crippen molar-refractivity contribution in [2.75, 3.05) is 6.54 Å². The fourth-order valence-corrected chi connectivity index (χ4v) is 1.51. The zero-order valence-corrected chi connectivity index (χ0v) is 9.58. The highest BCUT2D eigenvalue weighted by Gasteiger charge is 2.12. The summed E-state index contributed by atoms with van der Waals surface area (Å²) in [5.74, 6) is -0.238. The van der Waals surface area contributed by atoms with Crippen molar-refractivity contribution in [1.82, 2.24) is 20.3 Å². The molecule has 2 aromatic rings. The van der Waals surface area contributed by atoms with E-state index in [9.17, 15) is 4.79 Å². The molecule has 1 aromatic carbocycles. The second kappa shape index (κ2) is 5.59. The maximum Gasteiger partial charge on any atom is 0.253 e. The van der Waals surface area contributed by atoms with Crippen LogP contribution in [-0.4, -0.2) is 27.4 Å². The van der Waals surface area contributed by atoms with Gasteiger partial charge >= 0.3 is 0 Å². The van der Waals surface area contributed by atoms with Crippen molar-refractivity contribution in [3.05, 3.63) is 42.2 Å². The molecule has 0 radical (unpaired) electrons. The van der Waals surface area contributed by atoms with Gasteiger partial charge in [0.2, 0.25) is 0 Å². The van der Waals surface area contributed by atoms with Crippen molar-refractivity contribution in [1.29, 1.82) is 5.26 Å². The molecule has 1 amide bonds. The first-order valence-corrected chi connectivity index (χ1v) is 5.44. The van der Waals surface area contributed by atoms with Gasteiger partial charge in [-0.2, -0.15) is 20.3 Å². The number of hydrogen-bond acceptors (Lipinski definition) is 4. The van der Waals surface area contributed by atoms with Crippen LogP contribution in [0, 0.1) is 11.3 Å². The van der Waals surface area contributed by atoms with Crippen LogP contribution in [0.5, 0.6) is 0 Å². The second-order valence-corrected chi connectivity index (χ2v) is 3.50. The molecule has 0 aliphatic carbocycles. The molecule has 0 bridgehead atoms. The molecule has 0 atom stereocenters. The summed E-state index contributed by atoms with van der Waals surface area (Å²) in [5.41, 5.74) is 1.09. The summed E-state index contributed by atoms with van der Waals surface area (Å²) in [6, 6.07) is 9.01. The predicted molar refractivity (Wildman–Crippen MR) is 63.9 cm³/mol. The molecule has 1 aromatic heterocycles. The third kappa shape index (κ3) is 2.52. The average Bonchev–Trinajstić information content (AvgIpc) is 2.93. The number of carbonyl (C=O) groups excluding carboxylic acids is 1. The van der Waals surface area contributed by atoms with Gasteiger partial charge < -0.3 is 5.32 Å². The lowest BCUT2D eigenvalue weighted by atomic mass is 10.1. The number of nitrogens with zero attached hydrogens (tertiary/aromatic N) is 4. The van der Waals surface area contributed by atoms with Crippen LogP contribution in [0.4, 0.5) is 0 Å². The lowest BCUT2D eigenvalue weighted by Crippen LogP contribution is -2.25. The van der Waals surface area contributed by atoms with Gasteiger partial charge in [-0.15, -0.1) is 0 Å². The Hall–Kier alpha value is -2.68. The Labute approximate surface area is 104 Å². The molecular formula is C12H11N5O. The summed E-state index contributed by atoms with van der Waals surface area (Å²) in [4.78, 5) is 13.3. The molecule has 0 saturated heterocycles. The third-order valence-corrected chi connectivity index (χ3v) is 2.31. The normalized spacial score (nSPS) is 9.72. The predicted octanol–water partition coefficient (Wildman–Crippen LogP) is 0.911. The molecule has 0 aliphatic heterocycles. The van der Waals surface area contributed by atoms with Crippen molar-refractivity contribution in [3.63, 3.8) is 0 Å². The van der Waals surface area contributed by atoms with Crippen LogP contribution in [0.2, 0.25) is 0 Å². The molecule has 6 nitrogen and oxygen atoms in total. The molecule has 0 spiro atoms. The van der Waals surface area contributed by atoms with Gasteiger partial charge in [0.1, 0.15) is 0 Å². The van der Waals surface area contributed by atoms with Crippen LogP contribution >= 0.6 is 0 Å². The lowest BCUT2D eigenvalue weighted by Gasteiger charge is -2.08. The molecule has 1 heterocycles. The molecule has 6 heteroatoms. The smallest absolute Gasteiger partial charge is 0.253 e. The minimum Gasteiger partial charge on any atom is -0.351 e. The Balaban J connectivity index is 2.23. The Morgan fingerprint density at radius 3 is 2.78 bits per heavy atom. The zero-order valence-electron chi connectivity index (χ0n) is 9.58. The number of para-hydroxylation sites is 1. The largest absolute Gasteiger partial charge is 0.351 e.